The van der Waals surface area contributed by atoms with Gasteiger partial charge in [0.15, 0.2) is 0 Å². The zero-order chi connectivity index (χ0) is 25.0. The zero-order valence-electron chi connectivity index (χ0n) is 20.1. The van der Waals surface area contributed by atoms with Crippen LogP contribution in [0.25, 0.3) is 0 Å². The maximum absolute atomic E-state index is 13.2. The highest BCUT2D eigenvalue weighted by molar-refractivity contribution is 6.43. The zero-order valence-corrected chi connectivity index (χ0v) is 20.1. The average Bonchev–Trinajstić information content (AvgIpc) is 2.89. The van der Waals surface area contributed by atoms with Crippen LogP contribution in [-0.4, -0.2) is 91.3 Å². The van der Waals surface area contributed by atoms with Crippen molar-refractivity contribution in [3.05, 3.63) is 35.9 Å². The van der Waals surface area contributed by atoms with Gasteiger partial charge in [0.1, 0.15) is 6.04 Å². The molecule has 1 aromatic rings. The van der Waals surface area contributed by atoms with Gasteiger partial charge in [-0.3, -0.25) is 14.4 Å². The van der Waals surface area contributed by atoms with E-state index in [-0.39, 0.29) is 24.2 Å². The molecular formula is C24H36BN3O7. The van der Waals surface area contributed by atoms with E-state index in [0.717, 1.165) is 12.0 Å². The van der Waals surface area contributed by atoms with Crippen LogP contribution in [0.1, 0.15) is 37.7 Å². The van der Waals surface area contributed by atoms with Crippen molar-refractivity contribution in [1.82, 2.24) is 15.5 Å². The number of carbonyl (C=O) groups is 3. The van der Waals surface area contributed by atoms with Crippen molar-refractivity contribution in [1.29, 1.82) is 0 Å². The molecule has 10 nitrogen and oxygen atoms in total. The summed E-state index contributed by atoms with van der Waals surface area (Å²) in [5.74, 6) is -2.38. The van der Waals surface area contributed by atoms with E-state index in [4.69, 9.17) is 9.47 Å². The van der Waals surface area contributed by atoms with Crippen molar-refractivity contribution in [2.75, 3.05) is 39.5 Å². The molecule has 1 aromatic carbocycles. The summed E-state index contributed by atoms with van der Waals surface area (Å²) in [5.41, 5.74) is 1.11. The summed E-state index contributed by atoms with van der Waals surface area (Å²) >= 11 is 0. The maximum Gasteiger partial charge on any atom is 0.475 e. The number of nitrogens with one attached hydrogen (secondary N) is 2. The van der Waals surface area contributed by atoms with Crippen molar-refractivity contribution < 1.29 is 33.9 Å². The van der Waals surface area contributed by atoms with Gasteiger partial charge < -0.3 is 35.1 Å². The fourth-order valence-electron chi connectivity index (χ4n) is 4.32. The molecule has 2 unspecified atom stereocenters. The Morgan fingerprint density at radius 2 is 1.66 bits per heavy atom. The number of hydrogen-bond donors (Lipinski definition) is 4. The molecule has 35 heavy (non-hydrogen) atoms. The molecule has 0 saturated carbocycles. The molecule has 2 heterocycles. The number of morpholine rings is 1. The van der Waals surface area contributed by atoms with Crippen LogP contribution in [0.4, 0.5) is 0 Å². The lowest BCUT2D eigenvalue weighted by Crippen LogP contribution is -2.56. The van der Waals surface area contributed by atoms with Gasteiger partial charge in [0.05, 0.1) is 25.6 Å². The fraction of sp³-hybridized carbons (Fsp3) is 0.625. The number of carbonyl (C=O) groups excluding carboxylic acids is 3. The van der Waals surface area contributed by atoms with E-state index in [1.165, 1.54) is 0 Å². The molecule has 2 fully saturated rings. The molecule has 0 bridgehead atoms. The topological polar surface area (TPSA) is 137 Å². The van der Waals surface area contributed by atoms with Crippen LogP contribution in [0.5, 0.6) is 0 Å². The summed E-state index contributed by atoms with van der Waals surface area (Å²) in [6.07, 6.45) is 2.57. The van der Waals surface area contributed by atoms with E-state index in [9.17, 15) is 24.4 Å². The summed E-state index contributed by atoms with van der Waals surface area (Å²) in [5, 5.41) is 25.1. The largest absolute Gasteiger partial charge is 0.475 e. The quantitative estimate of drug-likeness (QED) is 0.312. The van der Waals surface area contributed by atoms with Gasteiger partial charge in [-0.25, -0.2) is 0 Å². The van der Waals surface area contributed by atoms with Crippen LogP contribution in [0, 0.1) is 5.92 Å². The molecule has 0 aromatic heterocycles. The maximum atomic E-state index is 13.2. The van der Waals surface area contributed by atoms with Crippen molar-refractivity contribution in [3.63, 3.8) is 0 Å². The van der Waals surface area contributed by atoms with Gasteiger partial charge >= 0.3 is 7.12 Å². The molecule has 2 saturated heterocycles. The lowest BCUT2D eigenvalue weighted by atomic mass is 9.76. The van der Waals surface area contributed by atoms with E-state index in [2.05, 4.69) is 10.6 Å². The third-order valence-electron chi connectivity index (χ3n) is 6.48. The molecule has 0 radical (unpaired) electrons. The Labute approximate surface area is 206 Å². The van der Waals surface area contributed by atoms with Crippen LogP contribution in [-0.2, 0) is 30.3 Å². The van der Waals surface area contributed by atoms with Crippen molar-refractivity contribution in [2.24, 2.45) is 5.92 Å². The number of hydrogen-bond acceptors (Lipinski definition) is 7. The molecular weight excluding hydrogens is 453 g/mol. The van der Waals surface area contributed by atoms with Gasteiger partial charge in [-0.1, -0.05) is 30.3 Å². The Morgan fingerprint density at radius 3 is 2.31 bits per heavy atom. The molecule has 2 aliphatic heterocycles. The van der Waals surface area contributed by atoms with Crippen LogP contribution < -0.4 is 10.6 Å². The number of benzene rings is 1. The second kappa shape index (κ2) is 14.2. The lowest BCUT2D eigenvalue weighted by molar-refractivity contribution is -0.140. The predicted molar refractivity (Wildman–Crippen MR) is 129 cm³/mol. The average molecular weight is 489 g/mol. The first kappa shape index (κ1) is 27.1. The summed E-state index contributed by atoms with van der Waals surface area (Å²) in [6.45, 7) is 2.66. The Balaban J connectivity index is 1.61. The minimum Gasteiger partial charge on any atom is -0.426 e. The van der Waals surface area contributed by atoms with E-state index < -0.39 is 25.0 Å². The van der Waals surface area contributed by atoms with E-state index in [0.29, 0.717) is 65.2 Å². The minimum atomic E-state index is -1.77. The summed E-state index contributed by atoms with van der Waals surface area (Å²) in [6, 6.07) is 8.66. The van der Waals surface area contributed by atoms with Crippen molar-refractivity contribution in [2.45, 2.75) is 50.5 Å². The fourth-order valence-corrected chi connectivity index (χ4v) is 4.32. The molecule has 0 aliphatic carbocycles. The van der Waals surface area contributed by atoms with Gasteiger partial charge in [-0.2, -0.15) is 0 Å². The number of amides is 3. The highest BCUT2D eigenvalue weighted by Gasteiger charge is 2.33. The van der Waals surface area contributed by atoms with Crippen LogP contribution >= 0.6 is 0 Å². The Morgan fingerprint density at radius 1 is 1.00 bits per heavy atom. The summed E-state index contributed by atoms with van der Waals surface area (Å²) in [4.78, 5) is 40.4. The first-order valence-electron chi connectivity index (χ1n) is 12.4. The second-order valence-corrected chi connectivity index (χ2v) is 9.05. The molecule has 3 rings (SSSR count). The SMILES string of the molecule is O=C(NC(CC(=O)N1CCOCC1)C(=O)NC(CCCc1ccccc1)B(O)O)C1CCOCC1. The Bertz CT molecular complexity index is 783. The first-order chi connectivity index (χ1) is 16.9. The lowest BCUT2D eigenvalue weighted by Gasteiger charge is -2.30. The minimum absolute atomic E-state index is 0.209. The third-order valence-corrected chi connectivity index (χ3v) is 6.48. The van der Waals surface area contributed by atoms with Gasteiger partial charge in [0, 0.05) is 32.2 Å². The van der Waals surface area contributed by atoms with Crippen LogP contribution in [0.15, 0.2) is 30.3 Å². The number of rotatable bonds is 11. The molecule has 11 heteroatoms. The number of nitrogens with zero attached hydrogens (tertiary/aromatic N) is 1. The van der Waals surface area contributed by atoms with Gasteiger partial charge in [-0.05, 0) is 37.7 Å². The van der Waals surface area contributed by atoms with E-state index in [1.807, 2.05) is 30.3 Å². The highest BCUT2D eigenvalue weighted by atomic mass is 16.5. The van der Waals surface area contributed by atoms with Crippen molar-refractivity contribution in [3.8, 4) is 0 Å². The smallest absolute Gasteiger partial charge is 0.426 e. The molecule has 0 spiro atoms. The Hall–Kier alpha value is -2.47. The molecule has 2 aliphatic rings. The standard InChI is InChI=1S/C24H36BN3O7/c29-22(28-11-15-35-16-12-28)17-20(26-23(30)19-9-13-34-14-10-19)24(31)27-21(25(32)33)8-4-7-18-5-2-1-3-6-18/h1-3,5-6,19-21,32-33H,4,7-17H2,(H,26,30)(H,27,31). The summed E-state index contributed by atoms with van der Waals surface area (Å²) in [7, 11) is -1.77. The van der Waals surface area contributed by atoms with Crippen LogP contribution in [0.3, 0.4) is 0 Å². The Kier molecular flexibility index (Phi) is 11.0. The van der Waals surface area contributed by atoms with Crippen LogP contribution in [0.2, 0.25) is 0 Å². The molecule has 192 valence electrons. The molecule has 3 amide bonds. The van der Waals surface area contributed by atoms with Gasteiger partial charge in [0.25, 0.3) is 0 Å². The van der Waals surface area contributed by atoms with Gasteiger partial charge in [-0.15, -0.1) is 0 Å². The van der Waals surface area contributed by atoms with E-state index in [1.54, 1.807) is 4.90 Å². The highest BCUT2D eigenvalue weighted by Crippen LogP contribution is 2.16. The molecule has 4 N–H and O–H groups in total. The molecule has 2 atom stereocenters. The predicted octanol–water partition coefficient (Wildman–Crippen LogP) is -0.334. The third kappa shape index (κ3) is 8.92. The number of ether oxygens (including phenoxy) is 2. The van der Waals surface area contributed by atoms with E-state index >= 15 is 0 Å². The van der Waals surface area contributed by atoms with Crippen molar-refractivity contribution >= 4 is 24.8 Å². The van der Waals surface area contributed by atoms with Gasteiger partial charge in [0.2, 0.25) is 17.7 Å². The number of aryl methyl sites for hydroxylation is 1. The first-order valence-corrected chi connectivity index (χ1v) is 12.4. The normalized spacial score (nSPS) is 18.4. The monoisotopic (exact) mass is 489 g/mol. The second-order valence-electron chi connectivity index (χ2n) is 9.05. The summed E-state index contributed by atoms with van der Waals surface area (Å²) < 4.78 is 10.6.